The largest absolute Gasteiger partial charge is 0.497 e. The van der Waals surface area contributed by atoms with Crippen molar-refractivity contribution in [2.45, 2.75) is 18.4 Å². The van der Waals surface area contributed by atoms with E-state index in [-0.39, 0.29) is 30.6 Å². The van der Waals surface area contributed by atoms with E-state index in [1.54, 1.807) is 24.1 Å². The number of likely N-dealkylation sites (tertiary alicyclic amines) is 1. The predicted octanol–water partition coefficient (Wildman–Crippen LogP) is 0.582. The average molecular weight is 334 g/mol. The lowest BCUT2D eigenvalue weighted by Gasteiger charge is -2.43. The highest BCUT2D eigenvalue weighted by Crippen LogP contribution is 2.27. The Morgan fingerprint density at radius 1 is 1.33 bits per heavy atom. The average Bonchev–Trinajstić information content (AvgIpc) is 2.63. The number of carbonyl (C=O) groups excluding carboxylic acids is 2. The molecule has 0 unspecified atom stereocenters. The zero-order valence-corrected chi connectivity index (χ0v) is 13.7. The van der Waals surface area contributed by atoms with Crippen LogP contribution in [0.1, 0.15) is 12.8 Å². The number of hydrogen-bond acceptors (Lipinski definition) is 5. The third kappa shape index (κ3) is 3.79. The van der Waals surface area contributed by atoms with Gasteiger partial charge >= 0.3 is 0 Å². The maximum atomic E-state index is 12.3. The van der Waals surface area contributed by atoms with Gasteiger partial charge in [-0.3, -0.25) is 9.59 Å². The van der Waals surface area contributed by atoms with Gasteiger partial charge in [0.15, 0.2) is 6.61 Å². The summed E-state index contributed by atoms with van der Waals surface area (Å²) in [5.74, 6) is 1.17. The van der Waals surface area contributed by atoms with Crippen molar-refractivity contribution in [1.29, 1.82) is 0 Å². The molecule has 0 bridgehead atoms. The first kappa shape index (κ1) is 16.6. The monoisotopic (exact) mass is 334 g/mol. The lowest BCUT2D eigenvalue weighted by Crippen LogP contribution is -2.58. The fourth-order valence-corrected chi connectivity index (χ4v) is 2.99. The molecule has 2 aliphatic rings. The van der Waals surface area contributed by atoms with Crippen molar-refractivity contribution in [3.8, 4) is 11.5 Å². The van der Waals surface area contributed by atoms with Gasteiger partial charge in [0.1, 0.15) is 18.1 Å². The first-order chi connectivity index (χ1) is 11.6. The summed E-state index contributed by atoms with van der Waals surface area (Å²) in [6, 6.07) is 7.18. The van der Waals surface area contributed by atoms with E-state index in [9.17, 15) is 9.59 Å². The Kier molecular flexibility index (Phi) is 4.89. The van der Waals surface area contributed by atoms with Gasteiger partial charge < -0.3 is 24.4 Å². The molecule has 2 heterocycles. The van der Waals surface area contributed by atoms with E-state index in [1.165, 1.54) is 0 Å². The zero-order valence-electron chi connectivity index (χ0n) is 13.7. The van der Waals surface area contributed by atoms with E-state index in [2.05, 4.69) is 5.32 Å². The van der Waals surface area contributed by atoms with Gasteiger partial charge in [-0.25, -0.2) is 0 Å². The van der Waals surface area contributed by atoms with Crippen LogP contribution >= 0.6 is 0 Å². The van der Waals surface area contributed by atoms with Crippen LogP contribution < -0.4 is 14.8 Å². The molecule has 2 saturated heterocycles. The highest BCUT2D eigenvalue weighted by atomic mass is 16.5. The van der Waals surface area contributed by atoms with Crippen LogP contribution in [0.4, 0.5) is 0 Å². The zero-order chi connectivity index (χ0) is 17.0. The molecule has 2 aliphatic heterocycles. The highest BCUT2D eigenvalue weighted by molar-refractivity contribution is 5.78. The van der Waals surface area contributed by atoms with E-state index >= 15 is 0 Å². The van der Waals surface area contributed by atoms with Crippen LogP contribution in [-0.2, 0) is 14.3 Å². The Morgan fingerprint density at radius 2 is 2.08 bits per heavy atom. The Balaban J connectivity index is 1.47. The summed E-state index contributed by atoms with van der Waals surface area (Å²) in [5.41, 5.74) is -0.321. The molecule has 0 radical (unpaired) electrons. The van der Waals surface area contributed by atoms with Crippen molar-refractivity contribution < 1.29 is 23.8 Å². The summed E-state index contributed by atoms with van der Waals surface area (Å²) in [5, 5.41) is 2.84. The second kappa shape index (κ2) is 7.09. The Bertz CT molecular complexity index is 599. The number of piperidine rings is 1. The first-order valence-corrected chi connectivity index (χ1v) is 8.05. The number of carbonyl (C=O) groups is 2. The van der Waals surface area contributed by atoms with Crippen LogP contribution in [0.2, 0.25) is 0 Å². The third-order valence-electron chi connectivity index (χ3n) is 4.55. The molecule has 7 heteroatoms. The van der Waals surface area contributed by atoms with Crippen molar-refractivity contribution in [3.05, 3.63) is 24.3 Å². The van der Waals surface area contributed by atoms with Crippen LogP contribution in [0, 0.1) is 0 Å². The minimum absolute atomic E-state index is 0.00222. The quantitative estimate of drug-likeness (QED) is 0.872. The lowest BCUT2D eigenvalue weighted by molar-refractivity contribution is -0.155. The van der Waals surface area contributed by atoms with Crippen molar-refractivity contribution in [2.24, 2.45) is 0 Å². The summed E-state index contributed by atoms with van der Waals surface area (Å²) in [7, 11) is 1.59. The van der Waals surface area contributed by atoms with Crippen LogP contribution in [0.5, 0.6) is 11.5 Å². The van der Waals surface area contributed by atoms with E-state index in [0.717, 1.165) is 12.8 Å². The van der Waals surface area contributed by atoms with Crippen LogP contribution in [-0.4, -0.2) is 62.3 Å². The number of methoxy groups -OCH3 is 1. The molecule has 3 rings (SSSR count). The Morgan fingerprint density at radius 3 is 2.75 bits per heavy atom. The van der Waals surface area contributed by atoms with Crippen molar-refractivity contribution in [3.63, 3.8) is 0 Å². The maximum absolute atomic E-state index is 12.3. The third-order valence-corrected chi connectivity index (χ3v) is 4.55. The van der Waals surface area contributed by atoms with Crippen molar-refractivity contribution in [1.82, 2.24) is 10.2 Å². The molecule has 130 valence electrons. The number of amides is 2. The number of ether oxygens (including phenoxy) is 3. The van der Waals surface area contributed by atoms with Gasteiger partial charge in [-0.05, 0) is 25.0 Å². The Hall–Kier alpha value is -2.28. The van der Waals surface area contributed by atoms with Crippen molar-refractivity contribution >= 4 is 11.8 Å². The SMILES string of the molecule is COc1cccc(OCC(=O)N2CCC3(CC2)CNC(=O)CO3)c1. The second-order valence-corrected chi connectivity index (χ2v) is 6.10. The predicted molar refractivity (Wildman–Crippen MR) is 86.0 cm³/mol. The Labute approximate surface area is 140 Å². The molecule has 2 amide bonds. The fraction of sp³-hybridized carbons (Fsp3) is 0.529. The fourth-order valence-electron chi connectivity index (χ4n) is 2.99. The summed E-state index contributed by atoms with van der Waals surface area (Å²) in [6.07, 6.45) is 1.44. The van der Waals surface area contributed by atoms with Gasteiger partial charge in [0.25, 0.3) is 5.91 Å². The van der Waals surface area contributed by atoms with Gasteiger partial charge in [0.2, 0.25) is 5.91 Å². The van der Waals surface area contributed by atoms with E-state index in [0.29, 0.717) is 31.1 Å². The van der Waals surface area contributed by atoms with Crippen molar-refractivity contribution in [2.75, 3.05) is 40.0 Å². The summed E-state index contributed by atoms with van der Waals surface area (Å²) in [4.78, 5) is 25.3. The highest BCUT2D eigenvalue weighted by Gasteiger charge is 2.39. The second-order valence-electron chi connectivity index (χ2n) is 6.10. The van der Waals surface area contributed by atoms with Crippen LogP contribution in [0.25, 0.3) is 0 Å². The van der Waals surface area contributed by atoms with E-state index in [1.807, 2.05) is 12.1 Å². The molecule has 0 saturated carbocycles. The molecule has 0 aliphatic carbocycles. The molecule has 7 nitrogen and oxygen atoms in total. The smallest absolute Gasteiger partial charge is 0.260 e. The first-order valence-electron chi connectivity index (χ1n) is 8.05. The van der Waals surface area contributed by atoms with Crippen LogP contribution in [0.15, 0.2) is 24.3 Å². The number of rotatable bonds is 4. The lowest BCUT2D eigenvalue weighted by atomic mass is 9.90. The van der Waals surface area contributed by atoms with Gasteiger partial charge in [0.05, 0.1) is 12.7 Å². The standard InChI is InChI=1S/C17H22N2O5/c1-22-13-3-2-4-14(9-13)23-11-16(21)19-7-5-17(6-8-19)12-18-15(20)10-24-17/h2-4,9H,5-8,10-12H2,1H3,(H,18,20). The summed E-state index contributed by atoms with van der Waals surface area (Å²) >= 11 is 0. The molecular formula is C17H22N2O5. The van der Waals surface area contributed by atoms with Crippen LogP contribution in [0.3, 0.4) is 0 Å². The molecule has 0 atom stereocenters. The molecule has 0 aromatic heterocycles. The normalized spacial score (nSPS) is 19.7. The minimum atomic E-state index is -0.321. The molecule has 1 spiro atoms. The molecule has 24 heavy (non-hydrogen) atoms. The summed E-state index contributed by atoms with van der Waals surface area (Å²) < 4.78 is 16.4. The number of morpholine rings is 1. The molecule has 1 N–H and O–H groups in total. The number of benzene rings is 1. The minimum Gasteiger partial charge on any atom is -0.497 e. The molecule has 1 aromatic carbocycles. The molecule has 2 fully saturated rings. The number of nitrogens with one attached hydrogen (secondary N) is 1. The van der Waals surface area contributed by atoms with Gasteiger partial charge in [-0.2, -0.15) is 0 Å². The van der Waals surface area contributed by atoms with Gasteiger partial charge in [-0.1, -0.05) is 6.07 Å². The van der Waals surface area contributed by atoms with Gasteiger partial charge in [0, 0.05) is 25.7 Å². The molecular weight excluding hydrogens is 312 g/mol. The molecule has 1 aromatic rings. The number of nitrogens with zero attached hydrogens (tertiary/aromatic N) is 1. The van der Waals surface area contributed by atoms with Gasteiger partial charge in [-0.15, -0.1) is 0 Å². The topological polar surface area (TPSA) is 77.1 Å². The number of hydrogen-bond donors (Lipinski definition) is 1. The van der Waals surface area contributed by atoms with E-state index < -0.39 is 0 Å². The summed E-state index contributed by atoms with van der Waals surface area (Å²) in [6.45, 7) is 1.84. The van der Waals surface area contributed by atoms with E-state index in [4.69, 9.17) is 14.2 Å². The maximum Gasteiger partial charge on any atom is 0.260 e.